The van der Waals surface area contributed by atoms with Crippen LogP contribution in [-0.4, -0.2) is 31.7 Å². The van der Waals surface area contributed by atoms with Crippen LogP contribution in [0.25, 0.3) is 0 Å². The van der Waals surface area contributed by atoms with E-state index in [0.717, 1.165) is 38.2 Å². The first-order chi connectivity index (χ1) is 7.45. The van der Waals surface area contributed by atoms with Gasteiger partial charge in [-0.25, -0.2) is 0 Å². The maximum atomic E-state index is 6.06. The Morgan fingerprint density at radius 2 is 1.75 bits per heavy atom. The van der Waals surface area contributed by atoms with Crippen LogP contribution < -0.4 is 5.32 Å². The summed E-state index contributed by atoms with van der Waals surface area (Å²) >= 11 is 6.06. The Balaban J connectivity index is 3.88. The molecule has 0 bridgehead atoms. The lowest BCUT2D eigenvalue weighted by molar-refractivity contribution is 0.0153. The number of nitrogens with one attached hydrogen (secondary N) is 1. The van der Waals surface area contributed by atoms with E-state index in [1.807, 2.05) is 0 Å². The van der Waals surface area contributed by atoms with Crippen molar-refractivity contribution in [3.8, 4) is 0 Å². The summed E-state index contributed by atoms with van der Waals surface area (Å²) in [5, 5.41) is 3.51. The number of hydrogen-bond acceptors (Lipinski definition) is 2. The molecule has 0 amide bonds. The number of alkyl halides is 1. The zero-order valence-corrected chi connectivity index (χ0v) is 12.3. The Bertz CT molecular complexity index is 171. The molecule has 0 rings (SSSR count). The highest BCUT2D eigenvalue weighted by Gasteiger charge is 2.24. The smallest absolute Gasteiger partial charge is 0.0634 e. The van der Waals surface area contributed by atoms with E-state index in [4.69, 9.17) is 16.3 Å². The molecule has 98 valence electrons. The van der Waals surface area contributed by atoms with Gasteiger partial charge in [-0.15, -0.1) is 11.6 Å². The van der Waals surface area contributed by atoms with Gasteiger partial charge in [-0.2, -0.15) is 0 Å². The molecular weight excluding hydrogens is 222 g/mol. The fourth-order valence-corrected chi connectivity index (χ4v) is 2.05. The molecule has 0 aliphatic carbocycles. The van der Waals surface area contributed by atoms with E-state index in [1.165, 1.54) is 0 Å². The van der Waals surface area contributed by atoms with Gasteiger partial charge < -0.3 is 10.1 Å². The predicted molar refractivity (Wildman–Crippen MR) is 72.3 cm³/mol. The predicted octanol–water partition coefficient (Wildman–Crippen LogP) is 3.44. The molecule has 0 aliphatic heterocycles. The van der Waals surface area contributed by atoms with Crippen LogP contribution in [0.15, 0.2) is 0 Å². The summed E-state index contributed by atoms with van der Waals surface area (Å²) in [5.41, 5.74) is 0.230. The topological polar surface area (TPSA) is 21.3 Å². The van der Waals surface area contributed by atoms with Gasteiger partial charge in [0.1, 0.15) is 0 Å². The molecule has 0 aromatic heterocycles. The minimum absolute atomic E-state index is 0.0327. The van der Waals surface area contributed by atoms with Gasteiger partial charge in [-0.05, 0) is 45.1 Å². The number of rotatable bonds is 9. The van der Waals surface area contributed by atoms with E-state index < -0.39 is 0 Å². The zero-order valence-electron chi connectivity index (χ0n) is 11.5. The highest BCUT2D eigenvalue weighted by atomic mass is 35.5. The Labute approximate surface area is 106 Å². The highest BCUT2D eigenvalue weighted by Crippen LogP contribution is 2.26. The third kappa shape index (κ3) is 5.51. The first kappa shape index (κ1) is 16.2. The third-order valence-corrected chi connectivity index (χ3v) is 4.31. The van der Waals surface area contributed by atoms with Crippen molar-refractivity contribution in [2.45, 2.75) is 52.6 Å². The zero-order chi connectivity index (χ0) is 12.7. The molecule has 0 unspecified atom stereocenters. The molecule has 0 saturated carbocycles. The standard InChI is InChI=1S/C13H28ClNO/c1-6-13(7-2,10-14)11-15-9-8-12(3,4)16-5/h15H,6-11H2,1-5H3. The average molecular weight is 250 g/mol. The summed E-state index contributed by atoms with van der Waals surface area (Å²) in [6, 6.07) is 0. The van der Waals surface area contributed by atoms with Crippen molar-refractivity contribution >= 4 is 11.6 Å². The molecule has 3 heteroatoms. The molecule has 1 N–H and O–H groups in total. The van der Waals surface area contributed by atoms with E-state index in [0.29, 0.717) is 0 Å². The number of halogens is 1. The van der Waals surface area contributed by atoms with Crippen LogP contribution in [-0.2, 0) is 4.74 Å². The second-order valence-electron chi connectivity index (χ2n) is 5.23. The Morgan fingerprint density at radius 1 is 1.19 bits per heavy atom. The van der Waals surface area contributed by atoms with Crippen molar-refractivity contribution in [2.24, 2.45) is 5.41 Å². The minimum Gasteiger partial charge on any atom is -0.379 e. The summed E-state index contributed by atoms with van der Waals surface area (Å²) in [4.78, 5) is 0. The first-order valence-corrected chi connectivity index (χ1v) is 6.80. The molecule has 0 aromatic rings. The second kappa shape index (κ2) is 7.52. The van der Waals surface area contributed by atoms with Crippen LogP contribution in [0.4, 0.5) is 0 Å². The van der Waals surface area contributed by atoms with Gasteiger partial charge >= 0.3 is 0 Å². The van der Waals surface area contributed by atoms with Crippen LogP contribution >= 0.6 is 11.6 Å². The van der Waals surface area contributed by atoms with E-state index in [9.17, 15) is 0 Å². The van der Waals surface area contributed by atoms with E-state index in [-0.39, 0.29) is 11.0 Å². The summed E-state index contributed by atoms with van der Waals surface area (Å²) in [6.45, 7) is 10.6. The summed E-state index contributed by atoms with van der Waals surface area (Å²) in [6.07, 6.45) is 3.29. The first-order valence-electron chi connectivity index (χ1n) is 6.27. The monoisotopic (exact) mass is 249 g/mol. The molecule has 0 fully saturated rings. The highest BCUT2D eigenvalue weighted by molar-refractivity contribution is 6.18. The molecule has 0 spiro atoms. The second-order valence-corrected chi connectivity index (χ2v) is 5.50. The molecule has 16 heavy (non-hydrogen) atoms. The Kier molecular flexibility index (Phi) is 7.62. The molecule has 0 saturated heterocycles. The molecule has 0 atom stereocenters. The van der Waals surface area contributed by atoms with Gasteiger partial charge in [0.15, 0.2) is 0 Å². The molecule has 2 nitrogen and oxygen atoms in total. The van der Waals surface area contributed by atoms with Crippen molar-refractivity contribution < 1.29 is 4.74 Å². The quantitative estimate of drug-likeness (QED) is 0.499. The molecule has 0 aromatic carbocycles. The van der Waals surface area contributed by atoms with Gasteiger partial charge in [0.2, 0.25) is 0 Å². The van der Waals surface area contributed by atoms with Gasteiger partial charge in [0.25, 0.3) is 0 Å². The number of ether oxygens (including phenoxy) is 1. The lowest BCUT2D eigenvalue weighted by Crippen LogP contribution is -2.37. The van der Waals surface area contributed by atoms with E-state index in [2.05, 4.69) is 33.0 Å². The van der Waals surface area contributed by atoms with Crippen molar-refractivity contribution in [2.75, 3.05) is 26.1 Å². The van der Waals surface area contributed by atoms with Crippen LogP contribution in [0, 0.1) is 5.41 Å². The van der Waals surface area contributed by atoms with E-state index in [1.54, 1.807) is 7.11 Å². The summed E-state index contributed by atoms with van der Waals surface area (Å²) in [5.74, 6) is 0.737. The number of hydrogen-bond donors (Lipinski definition) is 1. The van der Waals surface area contributed by atoms with Crippen molar-refractivity contribution in [3.05, 3.63) is 0 Å². The van der Waals surface area contributed by atoms with E-state index >= 15 is 0 Å². The van der Waals surface area contributed by atoms with Crippen molar-refractivity contribution in [1.82, 2.24) is 5.32 Å². The largest absolute Gasteiger partial charge is 0.379 e. The maximum Gasteiger partial charge on any atom is 0.0634 e. The lowest BCUT2D eigenvalue weighted by atomic mass is 9.84. The lowest BCUT2D eigenvalue weighted by Gasteiger charge is -2.30. The van der Waals surface area contributed by atoms with Crippen LogP contribution in [0.3, 0.4) is 0 Å². The molecule has 0 radical (unpaired) electrons. The fourth-order valence-electron chi connectivity index (χ4n) is 1.58. The van der Waals surface area contributed by atoms with Gasteiger partial charge in [-0.3, -0.25) is 0 Å². The SMILES string of the molecule is CCC(CC)(CCl)CNCCC(C)(C)OC. The fraction of sp³-hybridized carbons (Fsp3) is 1.00. The normalized spacial score (nSPS) is 13.1. The van der Waals surface area contributed by atoms with Crippen LogP contribution in [0.2, 0.25) is 0 Å². The van der Waals surface area contributed by atoms with Gasteiger partial charge in [0, 0.05) is 19.5 Å². The van der Waals surface area contributed by atoms with Gasteiger partial charge in [-0.1, -0.05) is 13.8 Å². The average Bonchev–Trinajstić information content (AvgIpc) is 2.30. The molecule has 0 aliphatic rings. The van der Waals surface area contributed by atoms with Crippen LogP contribution in [0.1, 0.15) is 47.0 Å². The third-order valence-electron chi connectivity index (χ3n) is 3.74. The Morgan fingerprint density at radius 3 is 2.12 bits per heavy atom. The minimum atomic E-state index is -0.0327. The summed E-state index contributed by atoms with van der Waals surface area (Å²) < 4.78 is 5.38. The molecule has 0 heterocycles. The summed E-state index contributed by atoms with van der Waals surface area (Å²) in [7, 11) is 1.77. The van der Waals surface area contributed by atoms with Crippen molar-refractivity contribution in [1.29, 1.82) is 0 Å². The maximum absolute atomic E-state index is 6.06. The van der Waals surface area contributed by atoms with Crippen molar-refractivity contribution in [3.63, 3.8) is 0 Å². The Hall–Kier alpha value is 0.210. The molecular formula is C13H28ClNO. The van der Waals surface area contributed by atoms with Gasteiger partial charge in [0.05, 0.1) is 5.60 Å². The number of methoxy groups -OCH3 is 1. The van der Waals surface area contributed by atoms with Crippen LogP contribution in [0.5, 0.6) is 0 Å².